The van der Waals surface area contributed by atoms with Crippen LogP contribution in [0.5, 0.6) is 0 Å². The average Bonchev–Trinajstić information content (AvgIpc) is 2.64. The summed E-state index contributed by atoms with van der Waals surface area (Å²) in [6.07, 6.45) is 0.502. The van der Waals surface area contributed by atoms with E-state index in [4.69, 9.17) is 10.5 Å². The zero-order chi connectivity index (χ0) is 19.1. The molecule has 1 aliphatic rings. The third-order valence-corrected chi connectivity index (χ3v) is 4.63. The van der Waals surface area contributed by atoms with Gasteiger partial charge in [-0.25, -0.2) is 4.79 Å². The number of likely N-dealkylation sites (tertiary alicyclic amines) is 1. The number of carbonyl (C=O) groups is 3. The Hall–Kier alpha value is -2.57. The van der Waals surface area contributed by atoms with Gasteiger partial charge in [-0.3, -0.25) is 9.59 Å². The molecule has 26 heavy (non-hydrogen) atoms. The zero-order valence-corrected chi connectivity index (χ0v) is 15.3. The Morgan fingerprint density at radius 1 is 1.19 bits per heavy atom. The van der Waals surface area contributed by atoms with Crippen LogP contribution in [0.2, 0.25) is 0 Å². The van der Waals surface area contributed by atoms with Crippen LogP contribution in [-0.4, -0.2) is 41.9 Å². The molecule has 0 bridgehead atoms. The molecule has 142 valence electrons. The predicted octanol–water partition coefficient (Wildman–Crippen LogP) is 1.66. The van der Waals surface area contributed by atoms with E-state index in [1.807, 2.05) is 44.2 Å². The summed E-state index contributed by atoms with van der Waals surface area (Å²) in [6.45, 7) is 4.83. The minimum atomic E-state index is -0.664. The molecule has 0 saturated carbocycles. The van der Waals surface area contributed by atoms with Gasteiger partial charge < -0.3 is 20.7 Å². The summed E-state index contributed by atoms with van der Waals surface area (Å²) in [7, 11) is 0. The van der Waals surface area contributed by atoms with Crippen molar-refractivity contribution < 1.29 is 19.1 Å². The normalized spacial score (nSPS) is 16.2. The number of benzene rings is 1. The number of primary amides is 1. The lowest BCUT2D eigenvalue weighted by atomic mass is 9.94. The van der Waals surface area contributed by atoms with E-state index in [1.165, 1.54) is 0 Å². The third kappa shape index (κ3) is 5.47. The topological polar surface area (TPSA) is 102 Å². The number of carbonyl (C=O) groups excluding carboxylic acids is 3. The molecule has 0 unspecified atom stereocenters. The Bertz CT molecular complexity index is 625. The van der Waals surface area contributed by atoms with E-state index in [0.717, 1.165) is 5.56 Å². The highest BCUT2D eigenvalue weighted by Gasteiger charge is 2.32. The Kier molecular flexibility index (Phi) is 7.00. The lowest BCUT2D eigenvalue weighted by molar-refractivity contribution is -0.137. The standard InChI is InChI=1S/C19H27N3O4/c1-13(2)16(18(24)22-10-8-15(9-11-22)17(20)23)21-19(25)26-12-14-6-4-3-5-7-14/h3-7,13,15-16H,8-12H2,1-2H3,(H2,20,23)(H,21,25)/t16-/m0/s1. The number of rotatable bonds is 6. The van der Waals surface area contributed by atoms with E-state index in [0.29, 0.717) is 25.9 Å². The summed E-state index contributed by atoms with van der Waals surface area (Å²) in [5, 5.41) is 2.67. The van der Waals surface area contributed by atoms with E-state index in [1.54, 1.807) is 4.90 Å². The zero-order valence-electron chi connectivity index (χ0n) is 15.3. The van der Waals surface area contributed by atoms with Crippen LogP contribution in [-0.2, 0) is 20.9 Å². The van der Waals surface area contributed by atoms with Gasteiger partial charge in [0, 0.05) is 19.0 Å². The number of alkyl carbamates (subject to hydrolysis) is 1. The molecule has 1 atom stereocenters. The summed E-state index contributed by atoms with van der Waals surface area (Å²) in [6, 6.07) is 8.68. The number of ether oxygens (including phenoxy) is 1. The number of nitrogens with one attached hydrogen (secondary N) is 1. The Morgan fingerprint density at radius 2 is 1.81 bits per heavy atom. The van der Waals surface area contributed by atoms with Crippen molar-refractivity contribution >= 4 is 17.9 Å². The van der Waals surface area contributed by atoms with E-state index in [2.05, 4.69) is 5.32 Å². The van der Waals surface area contributed by atoms with Gasteiger partial charge in [0.05, 0.1) is 0 Å². The molecule has 0 radical (unpaired) electrons. The van der Waals surface area contributed by atoms with Crippen LogP contribution in [0.1, 0.15) is 32.3 Å². The average molecular weight is 361 g/mol. The second-order valence-electron chi connectivity index (χ2n) is 6.93. The lowest BCUT2D eigenvalue weighted by Gasteiger charge is -2.34. The molecule has 7 nitrogen and oxygen atoms in total. The molecule has 1 aromatic carbocycles. The molecule has 3 N–H and O–H groups in total. The highest BCUT2D eigenvalue weighted by atomic mass is 16.5. The Morgan fingerprint density at radius 3 is 2.35 bits per heavy atom. The molecule has 2 rings (SSSR count). The second-order valence-corrected chi connectivity index (χ2v) is 6.93. The number of hydrogen-bond donors (Lipinski definition) is 2. The second kappa shape index (κ2) is 9.22. The van der Waals surface area contributed by atoms with Gasteiger partial charge in [0.1, 0.15) is 12.6 Å². The van der Waals surface area contributed by atoms with Crippen LogP contribution in [0.3, 0.4) is 0 Å². The molecule has 1 fully saturated rings. The number of amides is 3. The molecule has 3 amide bonds. The van der Waals surface area contributed by atoms with Gasteiger partial charge in [-0.15, -0.1) is 0 Å². The molecule has 0 aliphatic carbocycles. The molecular formula is C19H27N3O4. The minimum absolute atomic E-state index is 0.0827. The van der Waals surface area contributed by atoms with Crippen molar-refractivity contribution in [3.8, 4) is 0 Å². The van der Waals surface area contributed by atoms with Crippen molar-refractivity contribution in [1.82, 2.24) is 10.2 Å². The highest BCUT2D eigenvalue weighted by molar-refractivity contribution is 5.86. The van der Waals surface area contributed by atoms with Crippen LogP contribution in [0, 0.1) is 11.8 Å². The fourth-order valence-electron chi connectivity index (χ4n) is 2.99. The predicted molar refractivity (Wildman–Crippen MR) is 96.9 cm³/mol. The molecule has 1 aliphatic heterocycles. The van der Waals surface area contributed by atoms with Crippen LogP contribution < -0.4 is 11.1 Å². The monoisotopic (exact) mass is 361 g/mol. The number of nitrogens with two attached hydrogens (primary N) is 1. The van der Waals surface area contributed by atoms with Crippen LogP contribution in [0.4, 0.5) is 4.79 Å². The van der Waals surface area contributed by atoms with E-state index < -0.39 is 12.1 Å². The maximum Gasteiger partial charge on any atom is 0.408 e. The van der Waals surface area contributed by atoms with E-state index in [-0.39, 0.29) is 30.3 Å². The van der Waals surface area contributed by atoms with Crippen LogP contribution in [0.15, 0.2) is 30.3 Å². The van der Waals surface area contributed by atoms with Gasteiger partial charge in [0.2, 0.25) is 11.8 Å². The van der Waals surface area contributed by atoms with E-state index in [9.17, 15) is 14.4 Å². The SMILES string of the molecule is CC(C)[C@H](NC(=O)OCc1ccccc1)C(=O)N1CCC(C(N)=O)CC1. The van der Waals surface area contributed by atoms with Crippen LogP contribution >= 0.6 is 0 Å². The van der Waals surface area contributed by atoms with Crippen molar-refractivity contribution in [3.63, 3.8) is 0 Å². The van der Waals surface area contributed by atoms with E-state index >= 15 is 0 Å². The smallest absolute Gasteiger partial charge is 0.408 e. The fraction of sp³-hybridized carbons (Fsp3) is 0.526. The maximum atomic E-state index is 12.8. The van der Waals surface area contributed by atoms with Crippen molar-refractivity contribution in [1.29, 1.82) is 0 Å². The minimum Gasteiger partial charge on any atom is -0.445 e. The Labute approximate surface area is 153 Å². The molecule has 1 aromatic rings. The van der Waals surface area contributed by atoms with Crippen molar-refractivity contribution in [2.45, 2.75) is 39.3 Å². The maximum absolute atomic E-state index is 12.8. The van der Waals surface area contributed by atoms with Crippen molar-refractivity contribution in [2.75, 3.05) is 13.1 Å². The van der Waals surface area contributed by atoms with Gasteiger partial charge in [0.25, 0.3) is 0 Å². The largest absolute Gasteiger partial charge is 0.445 e. The van der Waals surface area contributed by atoms with Crippen molar-refractivity contribution in [2.24, 2.45) is 17.6 Å². The van der Waals surface area contributed by atoms with Gasteiger partial charge in [0.15, 0.2) is 0 Å². The molecular weight excluding hydrogens is 334 g/mol. The molecule has 1 saturated heterocycles. The summed E-state index contributed by atoms with van der Waals surface area (Å²) in [5.74, 6) is -0.735. The van der Waals surface area contributed by atoms with Gasteiger partial charge in [-0.2, -0.15) is 0 Å². The highest BCUT2D eigenvalue weighted by Crippen LogP contribution is 2.18. The molecule has 0 spiro atoms. The quantitative estimate of drug-likeness (QED) is 0.804. The molecule has 0 aromatic heterocycles. The first-order chi connectivity index (χ1) is 12.4. The molecule has 7 heteroatoms. The number of nitrogens with zero attached hydrogens (tertiary/aromatic N) is 1. The van der Waals surface area contributed by atoms with Gasteiger partial charge >= 0.3 is 6.09 Å². The summed E-state index contributed by atoms with van der Waals surface area (Å²) in [4.78, 5) is 37.8. The van der Waals surface area contributed by atoms with Gasteiger partial charge in [-0.05, 0) is 24.3 Å². The first-order valence-corrected chi connectivity index (χ1v) is 8.93. The van der Waals surface area contributed by atoms with Gasteiger partial charge in [-0.1, -0.05) is 44.2 Å². The van der Waals surface area contributed by atoms with Crippen LogP contribution in [0.25, 0.3) is 0 Å². The first kappa shape index (κ1) is 19.8. The first-order valence-electron chi connectivity index (χ1n) is 8.93. The fourth-order valence-corrected chi connectivity index (χ4v) is 2.99. The summed E-state index contributed by atoms with van der Waals surface area (Å²) < 4.78 is 5.21. The summed E-state index contributed by atoms with van der Waals surface area (Å²) in [5.41, 5.74) is 6.21. The number of hydrogen-bond acceptors (Lipinski definition) is 4. The Balaban J connectivity index is 1.88. The number of piperidine rings is 1. The summed E-state index contributed by atoms with van der Waals surface area (Å²) >= 11 is 0. The van der Waals surface area contributed by atoms with Crippen molar-refractivity contribution in [3.05, 3.63) is 35.9 Å². The lowest BCUT2D eigenvalue weighted by Crippen LogP contribution is -2.53. The third-order valence-electron chi connectivity index (χ3n) is 4.63. The molecule has 1 heterocycles.